The summed E-state index contributed by atoms with van der Waals surface area (Å²) in [5, 5.41) is 5.91. The molecule has 0 atom stereocenters. The van der Waals surface area contributed by atoms with Gasteiger partial charge in [-0.15, -0.1) is 6.58 Å². The van der Waals surface area contributed by atoms with Gasteiger partial charge in [-0.2, -0.15) is 11.8 Å². The van der Waals surface area contributed by atoms with Gasteiger partial charge in [0.25, 0.3) is 5.91 Å². The lowest BCUT2D eigenvalue weighted by atomic mass is 10.1. The van der Waals surface area contributed by atoms with Crippen molar-refractivity contribution in [3.05, 3.63) is 42.5 Å². The van der Waals surface area contributed by atoms with Crippen LogP contribution in [0.3, 0.4) is 0 Å². The summed E-state index contributed by atoms with van der Waals surface area (Å²) < 4.78 is 0. The van der Waals surface area contributed by atoms with Crippen molar-refractivity contribution in [2.75, 3.05) is 30.4 Å². The molecule has 0 heterocycles. The number of anilines is 1. The van der Waals surface area contributed by atoms with Crippen molar-refractivity contribution >= 4 is 23.4 Å². The third kappa shape index (κ3) is 4.53. The van der Waals surface area contributed by atoms with Crippen LogP contribution < -0.4 is 10.6 Å². The Hall–Kier alpha value is -1.42. The summed E-state index contributed by atoms with van der Waals surface area (Å²) in [5.41, 5.74) is 1.53. The number of thioether (sulfide) groups is 1. The van der Waals surface area contributed by atoms with Gasteiger partial charge in [0.15, 0.2) is 0 Å². The molecule has 0 aliphatic heterocycles. The minimum atomic E-state index is -0.0332. The predicted octanol–water partition coefficient (Wildman–Crippen LogP) is 2.38. The number of carbonyl (C=O) groups excluding carboxylic acids is 1. The van der Waals surface area contributed by atoms with Gasteiger partial charge in [-0.05, 0) is 12.1 Å². The van der Waals surface area contributed by atoms with E-state index in [0.717, 1.165) is 17.2 Å². The van der Waals surface area contributed by atoms with Gasteiger partial charge in [0.1, 0.15) is 0 Å². The smallest absolute Gasteiger partial charge is 0.253 e. The molecule has 2 N–H and O–H groups in total. The van der Waals surface area contributed by atoms with Crippen LogP contribution in [0.1, 0.15) is 10.4 Å². The first kappa shape index (κ1) is 13.6. The second-order valence-electron chi connectivity index (χ2n) is 3.42. The molecule has 0 unspecified atom stereocenters. The lowest BCUT2D eigenvalue weighted by Crippen LogP contribution is -2.26. The van der Waals surface area contributed by atoms with Crippen molar-refractivity contribution in [3.8, 4) is 0 Å². The molecule has 1 aromatic carbocycles. The molecule has 0 saturated carbocycles. The number of amides is 1. The Morgan fingerprint density at radius 3 is 2.94 bits per heavy atom. The van der Waals surface area contributed by atoms with Gasteiger partial charge in [0.2, 0.25) is 0 Å². The lowest BCUT2D eigenvalue weighted by Gasteiger charge is -2.09. The Labute approximate surface area is 107 Å². The molecule has 0 aliphatic rings. The normalized spacial score (nSPS) is 9.71. The molecular weight excluding hydrogens is 232 g/mol. The summed E-state index contributed by atoms with van der Waals surface area (Å²) in [6, 6.07) is 7.48. The molecule has 1 aromatic rings. The van der Waals surface area contributed by atoms with Crippen LogP contribution in [-0.2, 0) is 0 Å². The second kappa shape index (κ2) is 7.79. The summed E-state index contributed by atoms with van der Waals surface area (Å²) in [6.45, 7) is 4.32. The second-order valence-corrected chi connectivity index (χ2v) is 4.56. The van der Waals surface area contributed by atoms with E-state index in [1.54, 1.807) is 11.8 Å². The van der Waals surface area contributed by atoms with E-state index in [4.69, 9.17) is 0 Å². The van der Waals surface area contributed by atoms with Crippen molar-refractivity contribution in [1.82, 2.24) is 5.32 Å². The number of benzene rings is 1. The van der Waals surface area contributed by atoms with Gasteiger partial charge in [0.05, 0.1) is 5.56 Å². The molecular formula is C13H18N2OS. The molecule has 1 rings (SSSR count). The highest BCUT2D eigenvalue weighted by Crippen LogP contribution is 2.13. The largest absolute Gasteiger partial charge is 0.387 e. The predicted molar refractivity (Wildman–Crippen MR) is 75.8 cm³/mol. The van der Waals surface area contributed by atoms with Crippen molar-refractivity contribution < 1.29 is 4.79 Å². The molecule has 0 spiro atoms. The molecule has 0 aliphatic carbocycles. The molecule has 0 fully saturated rings. The maximum Gasteiger partial charge on any atom is 0.253 e. The average Bonchev–Trinajstić information content (AvgIpc) is 2.38. The Balaban J connectivity index is 2.44. The first-order valence-corrected chi connectivity index (χ1v) is 6.68. The summed E-state index contributed by atoms with van der Waals surface area (Å²) >= 11 is 1.75. The zero-order valence-corrected chi connectivity index (χ0v) is 10.8. The van der Waals surface area contributed by atoms with Gasteiger partial charge >= 0.3 is 0 Å². The number of carbonyl (C=O) groups is 1. The van der Waals surface area contributed by atoms with E-state index in [1.807, 2.05) is 37.4 Å². The van der Waals surface area contributed by atoms with Crippen LogP contribution in [-0.4, -0.2) is 31.0 Å². The number of para-hydroxylation sites is 1. The zero-order valence-electron chi connectivity index (χ0n) is 10.0. The van der Waals surface area contributed by atoms with E-state index >= 15 is 0 Å². The fourth-order valence-corrected chi connectivity index (χ4v) is 1.98. The van der Waals surface area contributed by atoms with E-state index in [2.05, 4.69) is 17.2 Å². The van der Waals surface area contributed by atoms with Crippen molar-refractivity contribution in [1.29, 1.82) is 0 Å². The van der Waals surface area contributed by atoms with E-state index in [1.165, 1.54) is 0 Å². The molecule has 1 amide bonds. The Bertz CT molecular complexity index is 379. The van der Waals surface area contributed by atoms with Crippen LogP contribution in [0.4, 0.5) is 5.69 Å². The highest BCUT2D eigenvalue weighted by Gasteiger charge is 2.08. The van der Waals surface area contributed by atoms with Gasteiger partial charge in [0, 0.05) is 30.8 Å². The molecule has 92 valence electrons. The topological polar surface area (TPSA) is 41.1 Å². The zero-order chi connectivity index (χ0) is 12.5. The van der Waals surface area contributed by atoms with E-state index < -0.39 is 0 Å². The SMILES string of the molecule is C=CCSCCNC(=O)c1ccccc1NC. The van der Waals surface area contributed by atoms with E-state index in [0.29, 0.717) is 12.1 Å². The summed E-state index contributed by atoms with van der Waals surface area (Å²) in [6.07, 6.45) is 1.86. The number of nitrogens with one attached hydrogen (secondary N) is 2. The van der Waals surface area contributed by atoms with Crippen LogP contribution >= 0.6 is 11.8 Å². The third-order valence-electron chi connectivity index (χ3n) is 2.21. The molecule has 3 nitrogen and oxygen atoms in total. The number of hydrogen-bond acceptors (Lipinski definition) is 3. The monoisotopic (exact) mass is 250 g/mol. The highest BCUT2D eigenvalue weighted by molar-refractivity contribution is 7.99. The van der Waals surface area contributed by atoms with E-state index in [9.17, 15) is 4.79 Å². The van der Waals surface area contributed by atoms with Gasteiger partial charge in [-0.25, -0.2) is 0 Å². The molecule has 0 bridgehead atoms. The van der Waals surface area contributed by atoms with Gasteiger partial charge in [-0.3, -0.25) is 4.79 Å². The minimum absolute atomic E-state index is 0.0332. The van der Waals surface area contributed by atoms with Gasteiger partial charge < -0.3 is 10.6 Å². The molecule has 0 radical (unpaired) electrons. The summed E-state index contributed by atoms with van der Waals surface area (Å²) in [4.78, 5) is 11.9. The fourth-order valence-electron chi connectivity index (χ4n) is 1.40. The molecule has 17 heavy (non-hydrogen) atoms. The molecule has 0 aromatic heterocycles. The first-order chi connectivity index (χ1) is 8.29. The summed E-state index contributed by atoms with van der Waals surface area (Å²) in [5.74, 6) is 1.79. The van der Waals surface area contributed by atoms with Crippen LogP contribution in [0.5, 0.6) is 0 Å². The highest BCUT2D eigenvalue weighted by atomic mass is 32.2. The number of hydrogen-bond donors (Lipinski definition) is 2. The maximum absolute atomic E-state index is 11.9. The summed E-state index contributed by atoms with van der Waals surface area (Å²) in [7, 11) is 1.81. The fraction of sp³-hybridized carbons (Fsp3) is 0.308. The van der Waals surface area contributed by atoms with Crippen LogP contribution in [0, 0.1) is 0 Å². The van der Waals surface area contributed by atoms with Gasteiger partial charge in [-0.1, -0.05) is 18.2 Å². The van der Waals surface area contributed by atoms with Crippen LogP contribution in [0.25, 0.3) is 0 Å². The lowest BCUT2D eigenvalue weighted by molar-refractivity contribution is 0.0957. The van der Waals surface area contributed by atoms with Crippen molar-refractivity contribution in [3.63, 3.8) is 0 Å². The van der Waals surface area contributed by atoms with E-state index in [-0.39, 0.29) is 5.91 Å². The Morgan fingerprint density at radius 1 is 1.47 bits per heavy atom. The molecule has 4 heteroatoms. The van der Waals surface area contributed by atoms with Crippen molar-refractivity contribution in [2.45, 2.75) is 0 Å². The Morgan fingerprint density at radius 2 is 2.24 bits per heavy atom. The molecule has 0 saturated heterocycles. The average molecular weight is 250 g/mol. The van der Waals surface area contributed by atoms with Crippen LogP contribution in [0.2, 0.25) is 0 Å². The standard InChI is InChI=1S/C13H18N2OS/c1-3-9-17-10-8-15-13(16)11-6-4-5-7-12(11)14-2/h3-7,14H,1,8-10H2,2H3,(H,15,16). The minimum Gasteiger partial charge on any atom is -0.387 e. The van der Waals surface area contributed by atoms with Crippen molar-refractivity contribution in [2.24, 2.45) is 0 Å². The first-order valence-electron chi connectivity index (χ1n) is 5.53. The van der Waals surface area contributed by atoms with Crippen LogP contribution in [0.15, 0.2) is 36.9 Å². The maximum atomic E-state index is 11.9. The third-order valence-corrected chi connectivity index (χ3v) is 3.17. The number of rotatable bonds is 7. The Kier molecular flexibility index (Phi) is 6.25. The quantitative estimate of drug-likeness (QED) is 0.576.